The molecule has 1 aromatic rings. The van der Waals surface area contributed by atoms with Gasteiger partial charge in [-0.1, -0.05) is 6.07 Å². The van der Waals surface area contributed by atoms with Crippen LogP contribution in [0.3, 0.4) is 0 Å². The van der Waals surface area contributed by atoms with Gasteiger partial charge in [0.25, 0.3) is 0 Å². The van der Waals surface area contributed by atoms with Gasteiger partial charge < -0.3 is 14.4 Å². The Morgan fingerprint density at radius 2 is 2.42 bits per heavy atom. The Morgan fingerprint density at radius 3 is 3.11 bits per heavy atom. The summed E-state index contributed by atoms with van der Waals surface area (Å²) >= 11 is 1.55. The maximum Gasteiger partial charge on any atom is 0.331 e. The van der Waals surface area contributed by atoms with Gasteiger partial charge in [-0.15, -0.1) is 11.3 Å². The number of hydrogen-bond donors (Lipinski definition) is 0. The van der Waals surface area contributed by atoms with Gasteiger partial charge in [0.2, 0.25) is 5.91 Å². The maximum atomic E-state index is 12.1. The lowest BCUT2D eigenvalue weighted by molar-refractivity contribution is -0.158. The maximum absolute atomic E-state index is 12.1. The molecule has 1 fully saturated rings. The molecule has 5 nitrogen and oxygen atoms in total. The Hall–Kier alpha value is -1.66. The highest BCUT2D eigenvalue weighted by molar-refractivity contribution is 7.10. The van der Waals surface area contributed by atoms with E-state index in [2.05, 4.69) is 4.74 Å². The predicted octanol–water partition coefficient (Wildman–Crippen LogP) is 1.16. The van der Waals surface area contributed by atoms with Crippen molar-refractivity contribution in [3.63, 3.8) is 0 Å². The van der Waals surface area contributed by atoms with Crippen LogP contribution in [-0.2, 0) is 19.1 Å². The lowest BCUT2D eigenvalue weighted by atomic mass is 10.2. The van der Waals surface area contributed by atoms with Gasteiger partial charge in [0.1, 0.15) is 0 Å². The van der Waals surface area contributed by atoms with Gasteiger partial charge in [-0.05, 0) is 17.5 Å². The number of morpholine rings is 1. The minimum atomic E-state index is -0.653. The zero-order valence-corrected chi connectivity index (χ0v) is 11.4. The molecule has 1 saturated heterocycles. The van der Waals surface area contributed by atoms with Crippen molar-refractivity contribution in [2.24, 2.45) is 0 Å². The summed E-state index contributed by atoms with van der Waals surface area (Å²) in [5.74, 6) is -0.648. The van der Waals surface area contributed by atoms with Crippen molar-refractivity contribution in [1.29, 1.82) is 0 Å². The number of methoxy groups -OCH3 is 1. The van der Waals surface area contributed by atoms with Crippen LogP contribution >= 0.6 is 11.3 Å². The van der Waals surface area contributed by atoms with E-state index in [0.717, 1.165) is 4.88 Å². The monoisotopic (exact) mass is 281 g/mol. The largest absolute Gasteiger partial charge is 0.467 e. The van der Waals surface area contributed by atoms with E-state index in [0.29, 0.717) is 13.2 Å². The molecule has 1 amide bonds. The number of ether oxygens (including phenoxy) is 2. The molecule has 0 aliphatic carbocycles. The van der Waals surface area contributed by atoms with Crippen molar-refractivity contribution in [2.45, 2.75) is 6.04 Å². The molecule has 0 N–H and O–H groups in total. The van der Waals surface area contributed by atoms with Crippen molar-refractivity contribution >= 4 is 29.3 Å². The second-order valence-electron chi connectivity index (χ2n) is 3.99. The summed E-state index contributed by atoms with van der Waals surface area (Å²) in [6.45, 7) is 1.02. The van der Waals surface area contributed by atoms with E-state index in [4.69, 9.17) is 4.74 Å². The van der Waals surface area contributed by atoms with E-state index in [9.17, 15) is 9.59 Å². The highest BCUT2D eigenvalue weighted by Gasteiger charge is 2.32. The highest BCUT2D eigenvalue weighted by atomic mass is 32.1. The molecule has 19 heavy (non-hydrogen) atoms. The summed E-state index contributed by atoms with van der Waals surface area (Å²) in [6, 6.07) is 3.19. The molecular weight excluding hydrogens is 266 g/mol. The molecular formula is C13H15NO4S. The number of esters is 1. The number of carbonyl (C=O) groups excluding carboxylic acids is 2. The third-order valence-electron chi connectivity index (χ3n) is 2.82. The number of rotatable bonds is 3. The topological polar surface area (TPSA) is 55.8 Å². The SMILES string of the molecule is COC(=O)C1COCCN1C(=O)/C=C/c1cccs1. The van der Waals surface area contributed by atoms with Gasteiger partial charge in [0.15, 0.2) is 6.04 Å². The van der Waals surface area contributed by atoms with Crippen LogP contribution < -0.4 is 0 Å². The lowest BCUT2D eigenvalue weighted by Gasteiger charge is -2.32. The Morgan fingerprint density at radius 1 is 1.58 bits per heavy atom. The quantitative estimate of drug-likeness (QED) is 0.616. The van der Waals surface area contributed by atoms with Gasteiger partial charge in [0, 0.05) is 17.5 Å². The third-order valence-corrected chi connectivity index (χ3v) is 3.66. The second-order valence-corrected chi connectivity index (χ2v) is 4.97. The molecule has 1 unspecified atom stereocenters. The summed E-state index contributed by atoms with van der Waals surface area (Å²) in [5, 5.41) is 1.94. The van der Waals surface area contributed by atoms with Crippen molar-refractivity contribution in [2.75, 3.05) is 26.9 Å². The molecule has 2 heterocycles. The molecule has 0 aromatic carbocycles. The first-order valence-electron chi connectivity index (χ1n) is 5.90. The Bertz CT molecular complexity index is 469. The average molecular weight is 281 g/mol. The van der Waals surface area contributed by atoms with Crippen molar-refractivity contribution < 1.29 is 19.1 Å². The molecule has 2 rings (SSSR count). The number of nitrogens with zero attached hydrogens (tertiary/aromatic N) is 1. The van der Waals surface area contributed by atoms with Crippen LogP contribution in [0.5, 0.6) is 0 Å². The molecule has 0 bridgehead atoms. The molecule has 102 valence electrons. The van der Waals surface area contributed by atoms with Crippen molar-refractivity contribution in [1.82, 2.24) is 4.90 Å². The van der Waals surface area contributed by atoms with E-state index in [1.54, 1.807) is 17.4 Å². The number of hydrogen-bond acceptors (Lipinski definition) is 5. The van der Waals surface area contributed by atoms with E-state index in [-0.39, 0.29) is 12.5 Å². The fourth-order valence-corrected chi connectivity index (χ4v) is 2.45. The van der Waals surface area contributed by atoms with Crippen LogP contribution in [0.15, 0.2) is 23.6 Å². The first-order valence-corrected chi connectivity index (χ1v) is 6.78. The third kappa shape index (κ3) is 3.42. The average Bonchev–Trinajstić information content (AvgIpc) is 2.97. The second kappa shape index (κ2) is 6.49. The fraction of sp³-hybridized carbons (Fsp3) is 0.385. The molecule has 0 spiro atoms. The molecule has 6 heteroatoms. The fourth-order valence-electron chi connectivity index (χ4n) is 1.83. The summed E-state index contributed by atoms with van der Waals surface area (Å²) in [5.41, 5.74) is 0. The first kappa shape index (κ1) is 13.8. The standard InChI is InChI=1S/C13H15NO4S/c1-17-13(16)11-9-18-7-6-14(11)12(15)5-4-10-3-2-8-19-10/h2-5,8,11H,6-7,9H2,1H3/b5-4+. The predicted molar refractivity (Wildman–Crippen MR) is 71.7 cm³/mol. The summed E-state index contributed by atoms with van der Waals surface area (Å²) in [4.78, 5) is 26.2. The molecule has 0 radical (unpaired) electrons. The highest BCUT2D eigenvalue weighted by Crippen LogP contribution is 2.13. The summed E-state index contributed by atoms with van der Waals surface area (Å²) < 4.78 is 9.90. The first-order chi connectivity index (χ1) is 9.22. The molecule has 1 aromatic heterocycles. The van der Waals surface area contributed by atoms with Crippen LogP contribution in [0.4, 0.5) is 0 Å². The van der Waals surface area contributed by atoms with E-state index in [1.807, 2.05) is 17.5 Å². The van der Waals surface area contributed by atoms with Crippen LogP contribution in [-0.4, -0.2) is 49.7 Å². The summed E-state index contributed by atoms with van der Waals surface area (Å²) in [7, 11) is 1.31. The van der Waals surface area contributed by atoms with Gasteiger partial charge in [0.05, 0.1) is 20.3 Å². The number of carbonyl (C=O) groups is 2. The zero-order valence-electron chi connectivity index (χ0n) is 10.6. The van der Waals surface area contributed by atoms with E-state index < -0.39 is 12.0 Å². The minimum absolute atomic E-state index is 0.186. The molecule has 0 saturated carbocycles. The lowest BCUT2D eigenvalue weighted by Crippen LogP contribution is -2.52. The van der Waals surface area contributed by atoms with Crippen LogP contribution in [0.2, 0.25) is 0 Å². The van der Waals surface area contributed by atoms with E-state index in [1.165, 1.54) is 18.1 Å². The Kier molecular flexibility index (Phi) is 4.70. The molecule has 1 aliphatic heterocycles. The molecule has 1 atom stereocenters. The molecule has 1 aliphatic rings. The minimum Gasteiger partial charge on any atom is -0.467 e. The normalized spacial score (nSPS) is 19.6. The van der Waals surface area contributed by atoms with Gasteiger partial charge in [-0.3, -0.25) is 4.79 Å². The number of amides is 1. The Balaban J connectivity index is 2.05. The van der Waals surface area contributed by atoms with Gasteiger partial charge >= 0.3 is 5.97 Å². The van der Waals surface area contributed by atoms with Crippen LogP contribution in [0, 0.1) is 0 Å². The van der Waals surface area contributed by atoms with Crippen molar-refractivity contribution in [3.8, 4) is 0 Å². The number of thiophene rings is 1. The van der Waals surface area contributed by atoms with Crippen LogP contribution in [0.25, 0.3) is 6.08 Å². The summed E-state index contributed by atoms with van der Waals surface area (Å²) in [6.07, 6.45) is 3.23. The van der Waals surface area contributed by atoms with Gasteiger partial charge in [-0.2, -0.15) is 0 Å². The van der Waals surface area contributed by atoms with Gasteiger partial charge in [-0.25, -0.2) is 4.79 Å². The van der Waals surface area contributed by atoms with Crippen molar-refractivity contribution in [3.05, 3.63) is 28.5 Å². The smallest absolute Gasteiger partial charge is 0.331 e. The Labute approximate surface area is 115 Å². The zero-order chi connectivity index (χ0) is 13.7. The van der Waals surface area contributed by atoms with Crippen LogP contribution in [0.1, 0.15) is 4.88 Å². The van der Waals surface area contributed by atoms with E-state index >= 15 is 0 Å².